The van der Waals surface area contributed by atoms with Gasteiger partial charge in [0.25, 0.3) is 0 Å². The molecular weight excluding hydrogens is 220 g/mol. The first-order valence-electron chi connectivity index (χ1n) is 6.60. The van der Waals surface area contributed by atoms with Crippen LogP contribution in [0.1, 0.15) is 42.2 Å². The highest BCUT2D eigenvalue weighted by atomic mass is 16.3. The summed E-state index contributed by atoms with van der Waals surface area (Å²) in [6.45, 7) is 4.26. The summed E-state index contributed by atoms with van der Waals surface area (Å²) < 4.78 is 0. The second-order valence-electron chi connectivity index (χ2n) is 4.60. The van der Waals surface area contributed by atoms with E-state index in [-0.39, 0.29) is 0 Å². The minimum Gasteiger partial charge on any atom is -0.384 e. The lowest BCUT2D eigenvalue weighted by molar-refractivity contribution is 0.220. The number of aliphatic hydroxyl groups excluding tert-OH is 1. The summed E-state index contributed by atoms with van der Waals surface area (Å²) in [4.78, 5) is 0. The van der Waals surface area contributed by atoms with Gasteiger partial charge in [-0.15, -0.1) is 0 Å². The molecule has 0 heterocycles. The van der Waals surface area contributed by atoms with Crippen LogP contribution in [0.15, 0.2) is 48.5 Å². The van der Waals surface area contributed by atoms with E-state index >= 15 is 0 Å². The zero-order valence-corrected chi connectivity index (χ0v) is 11.1. The topological polar surface area (TPSA) is 20.2 Å². The van der Waals surface area contributed by atoms with Crippen molar-refractivity contribution in [3.8, 4) is 0 Å². The maximum Gasteiger partial charge on any atom is 0.104 e. The Morgan fingerprint density at radius 1 is 0.833 bits per heavy atom. The molecule has 0 aliphatic carbocycles. The van der Waals surface area contributed by atoms with Crippen molar-refractivity contribution in [1.82, 2.24) is 0 Å². The normalized spacial score (nSPS) is 12.4. The molecule has 1 N–H and O–H groups in total. The maximum atomic E-state index is 10.4. The van der Waals surface area contributed by atoms with Crippen LogP contribution in [-0.2, 0) is 12.8 Å². The summed E-state index contributed by atoms with van der Waals surface area (Å²) in [6.07, 6.45) is 1.50. The molecule has 2 aromatic rings. The molecule has 0 amide bonds. The van der Waals surface area contributed by atoms with E-state index in [0.29, 0.717) is 0 Å². The molecule has 0 fully saturated rings. The van der Waals surface area contributed by atoms with Crippen molar-refractivity contribution < 1.29 is 5.11 Å². The second-order valence-corrected chi connectivity index (χ2v) is 4.60. The Labute approximate surface area is 109 Å². The molecule has 0 aliphatic heterocycles. The molecule has 0 aromatic heterocycles. The van der Waals surface area contributed by atoms with Gasteiger partial charge in [-0.05, 0) is 35.1 Å². The number of aliphatic hydroxyl groups is 1. The third-order valence-electron chi connectivity index (χ3n) is 3.38. The lowest BCUT2D eigenvalue weighted by Gasteiger charge is -2.13. The fourth-order valence-electron chi connectivity index (χ4n) is 2.11. The fraction of sp³-hybridized carbons (Fsp3) is 0.294. The van der Waals surface area contributed by atoms with Gasteiger partial charge in [0.2, 0.25) is 0 Å². The van der Waals surface area contributed by atoms with Crippen LogP contribution in [0, 0.1) is 0 Å². The number of hydrogen-bond donors (Lipinski definition) is 1. The van der Waals surface area contributed by atoms with E-state index in [4.69, 9.17) is 0 Å². The molecule has 18 heavy (non-hydrogen) atoms. The monoisotopic (exact) mass is 240 g/mol. The minimum absolute atomic E-state index is 0.526. The smallest absolute Gasteiger partial charge is 0.104 e. The Bertz CT molecular complexity index is 499. The molecule has 0 aliphatic rings. The molecular formula is C17H20O. The summed E-state index contributed by atoms with van der Waals surface area (Å²) in [6, 6.07) is 16.4. The Kier molecular flexibility index (Phi) is 4.16. The summed E-state index contributed by atoms with van der Waals surface area (Å²) in [5.41, 5.74) is 4.49. The minimum atomic E-state index is -0.526. The number of aryl methyl sites for hydroxylation is 2. The predicted molar refractivity (Wildman–Crippen MR) is 75.7 cm³/mol. The molecule has 0 spiro atoms. The van der Waals surface area contributed by atoms with E-state index in [9.17, 15) is 5.11 Å². The van der Waals surface area contributed by atoms with Crippen LogP contribution < -0.4 is 0 Å². The summed E-state index contributed by atoms with van der Waals surface area (Å²) in [5, 5.41) is 10.4. The molecule has 2 rings (SSSR count). The van der Waals surface area contributed by atoms with Gasteiger partial charge in [-0.1, -0.05) is 62.4 Å². The summed E-state index contributed by atoms with van der Waals surface area (Å²) >= 11 is 0. The highest BCUT2D eigenvalue weighted by Crippen LogP contribution is 2.23. The lowest BCUT2D eigenvalue weighted by Crippen LogP contribution is -2.00. The molecule has 0 radical (unpaired) electrons. The molecule has 1 heteroatoms. The number of benzene rings is 2. The van der Waals surface area contributed by atoms with Gasteiger partial charge in [-0.2, -0.15) is 0 Å². The Hall–Kier alpha value is -1.60. The average Bonchev–Trinajstić information content (AvgIpc) is 2.46. The van der Waals surface area contributed by atoms with Gasteiger partial charge in [-0.3, -0.25) is 0 Å². The van der Waals surface area contributed by atoms with Crippen LogP contribution in [0.2, 0.25) is 0 Å². The third-order valence-corrected chi connectivity index (χ3v) is 3.38. The van der Waals surface area contributed by atoms with E-state index in [0.717, 1.165) is 24.0 Å². The van der Waals surface area contributed by atoms with Crippen molar-refractivity contribution in [2.24, 2.45) is 0 Å². The van der Waals surface area contributed by atoms with Gasteiger partial charge in [-0.25, -0.2) is 0 Å². The SMILES string of the molecule is CCc1ccc(C(O)c2cccc(CC)c2)cc1. The Morgan fingerprint density at radius 3 is 2.11 bits per heavy atom. The van der Waals surface area contributed by atoms with Crippen LogP contribution in [0.5, 0.6) is 0 Å². The van der Waals surface area contributed by atoms with Gasteiger partial charge in [0.15, 0.2) is 0 Å². The van der Waals surface area contributed by atoms with E-state index < -0.39 is 6.10 Å². The van der Waals surface area contributed by atoms with Crippen molar-refractivity contribution in [3.05, 3.63) is 70.8 Å². The first kappa shape index (κ1) is 12.8. The molecule has 1 atom stereocenters. The molecule has 1 nitrogen and oxygen atoms in total. The van der Waals surface area contributed by atoms with Crippen molar-refractivity contribution in [3.63, 3.8) is 0 Å². The van der Waals surface area contributed by atoms with Crippen molar-refractivity contribution in [2.75, 3.05) is 0 Å². The van der Waals surface area contributed by atoms with Crippen LogP contribution in [0.25, 0.3) is 0 Å². The van der Waals surface area contributed by atoms with E-state index in [1.54, 1.807) is 0 Å². The van der Waals surface area contributed by atoms with Crippen LogP contribution in [0.4, 0.5) is 0 Å². The molecule has 1 unspecified atom stereocenters. The van der Waals surface area contributed by atoms with Gasteiger partial charge in [0.1, 0.15) is 6.10 Å². The first-order chi connectivity index (χ1) is 8.74. The molecule has 0 saturated carbocycles. The highest BCUT2D eigenvalue weighted by molar-refractivity contribution is 5.34. The molecule has 0 bridgehead atoms. The second kappa shape index (κ2) is 5.83. The Morgan fingerprint density at radius 2 is 1.50 bits per heavy atom. The number of rotatable bonds is 4. The summed E-state index contributed by atoms with van der Waals surface area (Å²) in [5.74, 6) is 0. The van der Waals surface area contributed by atoms with Crippen molar-refractivity contribution in [1.29, 1.82) is 0 Å². The van der Waals surface area contributed by atoms with Crippen molar-refractivity contribution >= 4 is 0 Å². The highest BCUT2D eigenvalue weighted by Gasteiger charge is 2.10. The van der Waals surface area contributed by atoms with Crippen LogP contribution in [0.3, 0.4) is 0 Å². The van der Waals surface area contributed by atoms with Gasteiger partial charge in [0, 0.05) is 0 Å². The van der Waals surface area contributed by atoms with Gasteiger partial charge >= 0.3 is 0 Å². The maximum absolute atomic E-state index is 10.4. The molecule has 0 saturated heterocycles. The fourth-order valence-corrected chi connectivity index (χ4v) is 2.11. The molecule has 94 valence electrons. The zero-order valence-electron chi connectivity index (χ0n) is 11.1. The zero-order chi connectivity index (χ0) is 13.0. The Balaban J connectivity index is 2.25. The van der Waals surface area contributed by atoms with Crippen LogP contribution in [-0.4, -0.2) is 5.11 Å². The standard InChI is InChI=1S/C17H20O/c1-3-13-8-10-15(11-9-13)17(18)16-7-5-6-14(4-2)12-16/h5-12,17-18H,3-4H2,1-2H3. The van der Waals surface area contributed by atoms with E-state index in [1.807, 2.05) is 24.3 Å². The predicted octanol–water partition coefficient (Wildman–Crippen LogP) is 3.89. The quantitative estimate of drug-likeness (QED) is 0.859. The first-order valence-corrected chi connectivity index (χ1v) is 6.60. The van der Waals surface area contributed by atoms with Crippen molar-refractivity contribution in [2.45, 2.75) is 32.8 Å². The van der Waals surface area contributed by atoms with Gasteiger partial charge in [0.05, 0.1) is 0 Å². The third kappa shape index (κ3) is 2.80. The van der Waals surface area contributed by atoms with Crippen LogP contribution >= 0.6 is 0 Å². The van der Waals surface area contributed by atoms with E-state index in [1.165, 1.54) is 11.1 Å². The summed E-state index contributed by atoms with van der Waals surface area (Å²) in [7, 11) is 0. The van der Waals surface area contributed by atoms with Gasteiger partial charge < -0.3 is 5.11 Å². The average molecular weight is 240 g/mol. The number of hydrogen-bond acceptors (Lipinski definition) is 1. The largest absolute Gasteiger partial charge is 0.384 e. The lowest BCUT2D eigenvalue weighted by atomic mass is 9.98. The molecule has 2 aromatic carbocycles. The van der Waals surface area contributed by atoms with E-state index in [2.05, 4.69) is 38.1 Å².